The third-order valence-corrected chi connectivity index (χ3v) is 5.38. The fourth-order valence-corrected chi connectivity index (χ4v) is 3.70. The topological polar surface area (TPSA) is 63.1 Å². The Balaban J connectivity index is 1.44. The van der Waals surface area contributed by atoms with Gasteiger partial charge in [0.2, 0.25) is 0 Å². The van der Waals surface area contributed by atoms with Gasteiger partial charge in [-0.25, -0.2) is 4.79 Å². The number of aryl methyl sites for hydroxylation is 1. The number of fused-ring (bicyclic) bond motifs is 1. The van der Waals surface area contributed by atoms with Gasteiger partial charge in [0, 0.05) is 20.1 Å². The number of piperidine rings is 1. The smallest absolute Gasteiger partial charge is 0.323 e. The Hall–Kier alpha value is -2.89. The molecule has 26 heavy (non-hydrogen) atoms. The number of amides is 2. The van der Waals surface area contributed by atoms with E-state index in [0.29, 0.717) is 11.7 Å². The standard InChI is InChI=1S/C20H23N5O/c1-14-19(22-23-24(14)2)21-20(26)25-12-10-16(11-13-25)18-9-5-7-15-6-3-4-8-17(15)18/h3-9,16H,10-13H2,1-2H3,(H,21,26). The maximum atomic E-state index is 12.5. The highest BCUT2D eigenvalue weighted by atomic mass is 16.2. The fraction of sp³-hybridized carbons (Fsp3) is 0.350. The summed E-state index contributed by atoms with van der Waals surface area (Å²) in [6.45, 7) is 3.39. The first kappa shape index (κ1) is 16.6. The number of benzene rings is 2. The molecule has 3 aromatic rings. The van der Waals surface area contributed by atoms with E-state index < -0.39 is 0 Å². The van der Waals surface area contributed by atoms with E-state index in [1.807, 2.05) is 18.9 Å². The highest BCUT2D eigenvalue weighted by Crippen LogP contribution is 2.33. The number of carbonyl (C=O) groups excluding carboxylic acids is 1. The van der Waals surface area contributed by atoms with Crippen LogP contribution in [0.2, 0.25) is 0 Å². The molecule has 0 spiro atoms. The van der Waals surface area contributed by atoms with Crippen molar-refractivity contribution in [1.29, 1.82) is 0 Å². The van der Waals surface area contributed by atoms with E-state index in [2.05, 4.69) is 58.1 Å². The molecule has 4 rings (SSSR count). The van der Waals surface area contributed by atoms with E-state index in [0.717, 1.165) is 31.6 Å². The summed E-state index contributed by atoms with van der Waals surface area (Å²) in [6.07, 6.45) is 1.95. The van der Waals surface area contributed by atoms with Crippen molar-refractivity contribution in [2.45, 2.75) is 25.7 Å². The molecule has 1 N–H and O–H groups in total. The average molecular weight is 349 g/mol. The molecule has 0 unspecified atom stereocenters. The number of aromatic nitrogens is 3. The Kier molecular flexibility index (Phi) is 4.32. The Morgan fingerprint density at radius 3 is 2.58 bits per heavy atom. The minimum atomic E-state index is -0.0926. The molecule has 134 valence electrons. The molecule has 1 fully saturated rings. The zero-order valence-corrected chi connectivity index (χ0v) is 15.1. The molecule has 0 saturated carbocycles. The number of hydrogen-bond donors (Lipinski definition) is 1. The number of urea groups is 1. The van der Waals surface area contributed by atoms with E-state index in [9.17, 15) is 4.79 Å². The lowest BCUT2D eigenvalue weighted by Gasteiger charge is -2.32. The van der Waals surface area contributed by atoms with E-state index in [1.54, 1.807) is 4.68 Å². The van der Waals surface area contributed by atoms with Crippen molar-refractivity contribution in [3.63, 3.8) is 0 Å². The number of anilines is 1. The summed E-state index contributed by atoms with van der Waals surface area (Å²) >= 11 is 0. The summed E-state index contributed by atoms with van der Waals surface area (Å²) in [7, 11) is 1.81. The van der Waals surface area contributed by atoms with Gasteiger partial charge < -0.3 is 4.90 Å². The molecular weight excluding hydrogens is 326 g/mol. The van der Waals surface area contributed by atoms with Gasteiger partial charge in [-0.3, -0.25) is 10.00 Å². The van der Waals surface area contributed by atoms with Crippen LogP contribution >= 0.6 is 0 Å². The summed E-state index contributed by atoms with van der Waals surface area (Å²) in [5.41, 5.74) is 2.25. The quantitative estimate of drug-likeness (QED) is 0.767. The van der Waals surface area contributed by atoms with Crippen molar-refractivity contribution in [3.05, 3.63) is 53.7 Å². The van der Waals surface area contributed by atoms with Crippen molar-refractivity contribution >= 4 is 22.6 Å². The lowest BCUT2D eigenvalue weighted by atomic mass is 9.86. The van der Waals surface area contributed by atoms with Crippen molar-refractivity contribution in [2.24, 2.45) is 7.05 Å². The SMILES string of the molecule is Cc1c(NC(=O)N2CCC(c3cccc4ccccc34)CC2)nnn1C. The molecule has 2 heterocycles. The second kappa shape index (κ2) is 6.78. The predicted molar refractivity (Wildman–Crippen MR) is 102 cm³/mol. The molecule has 6 heteroatoms. The van der Waals surface area contributed by atoms with Crippen LogP contribution in [0.15, 0.2) is 42.5 Å². The molecule has 1 aliphatic rings. The second-order valence-electron chi connectivity index (χ2n) is 6.91. The predicted octanol–water partition coefficient (Wildman–Crippen LogP) is 3.69. The van der Waals surface area contributed by atoms with E-state index in [4.69, 9.17) is 0 Å². The first-order chi connectivity index (χ1) is 12.6. The maximum absolute atomic E-state index is 12.5. The summed E-state index contributed by atoms with van der Waals surface area (Å²) in [5, 5.41) is 13.4. The third-order valence-electron chi connectivity index (χ3n) is 5.38. The summed E-state index contributed by atoms with van der Waals surface area (Å²) in [4.78, 5) is 14.4. The fourth-order valence-electron chi connectivity index (χ4n) is 3.70. The number of hydrogen-bond acceptors (Lipinski definition) is 3. The van der Waals surface area contributed by atoms with Gasteiger partial charge in [-0.2, -0.15) is 0 Å². The van der Waals surface area contributed by atoms with Crippen molar-refractivity contribution < 1.29 is 4.79 Å². The largest absolute Gasteiger partial charge is 0.324 e. The summed E-state index contributed by atoms with van der Waals surface area (Å²) in [5.74, 6) is 1.03. The zero-order chi connectivity index (χ0) is 18.1. The minimum Gasteiger partial charge on any atom is -0.324 e. The third kappa shape index (κ3) is 3.03. The van der Waals surface area contributed by atoms with E-state index in [1.165, 1.54) is 16.3 Å². The van der Waals surface area contributed by atoms with Gasteiger partial charge in [-0.15, -0.1) is 5.10 Å². The Bertz CT molecular complexity index is 935. The van der Waals surface area contributed by atoms with Gasteiger partial charge in [-0.1, -0.05) is 47.7 Å². The highest BCUT2D eigenvalue weighted by molar-refractivity contribution is 5.89. The van der Waals surface area contributed by atoms with Gasteiger partial charge in [-0.05, 0) is 42.0 Å². The molecule has 1 saturated heterocycles. The van der Waals surface area contributed by atoms with E-state index in [-0.39, 0.29) is 6.03 Å². The normalized spacial score (nSPS) is 15.4. The summed E-state index contributed by atoms with van der Waals surface area (Å²) in [6, 6.07) is 14.9. The van der Waals surface area contributed by atoms with Crippen molar-refractivity contribution in [1.82, 2.24) is 19.9 Å². The van der Waals surface area contributed by atoms with Gasteiger partial charge in [0.15, 0.2) is 5.82 Å². The molecule has 1 aliphatic heterocycles. The second-order valence-corrected chi connectivity index (χ2v) is 6.91. The molecule has 6 nitrogen and oxygen atoms in total. The average Bonchev–Trinajstić information content (AvgIpc) is 3.00. The zero-order valence-electron chi connectivity index (χ0n) is 15.1. The molecule has 2 amide bonds. The van der Waals surface area contributed by atoms with Crippen LogP contribution in [0.3, 0.4) is 0 Å². The Labute approximate surface area is 152 Å². The number of nitrogens with one attached hydrogen (secondary N) is 1. The number of nitrogens with zero attached hydrogens (tertiary/aromatic N) is 4. The van der Waals surface area contributed by atoms with Crippen LogP contribution in [0.1, 0.15) is 30.0 Å². The van der Waals surface area contributed by atoms with Crippen LogP contribution in [0.4, 0.5) is 10.6 Å². The maximum Gasteiger partial charge on any atom is 0.323 e. The molecule has 0 aliphatic carbocycles. The lowest BCUT2D eigenvalue weighted by Crippen LogP contribution is -2.40. The molecule has 1 aromatic heterocycles. The molecule has 2 aromatic carbocycles. The van der Waals surface area contributed by atoms with Crippen LogP contribution in [-0.2, 0) is 7.05 Å². The van der Waals surface area contributed by atoms with Gasteiger partial charge in [0.1, 0.15) is 0 Å². The van der Waals surface area contributed by atoms with Crippen molar-refractivity contribution in [3.8, 4) is 0 Å². The Morgan fingerprint density at radius 1 is 1.12 bits per heavy atom. The van der Waals surface area contributed by atoms with Crippen LogP contribution in [0, 0.1) is 6.92 Å². The van der Waals surface area contributed by atoms with Gasteiger partial charge in [0.05, 0.1) is 5.69 Å². The van der Waals surface area contributed by atoms with Crippen molar-refractivity contribution in [2.75, 3.05) is 18.4 Å². The first-order valence-corrected chi connectivity index (χ1v) is 9.03. The number of rotatable bonds is 2. The highest BCUT2D eigenvalue weighted by Gasteiger charge is 2.25. The van der Waals surface area contributed by atoms with Gasteiger partial charge in [0.25, 0.3) is 0 Å². The van der Waals surface area contributed by atoms with Crippen LogP contribution < -0.4 is 5.32 Å². The monoisotopic (exact) mass is 349 g/mol. The van der Waals surface area contributed by atoms with Crippen LogP contribution in [-0.4, -0.2) is 39.0 Å². The number of likely N-dealkylation sites (tertiary alicyclic amines) is 1. The molecule has 0 radical (unpaired) electrons. The summed E-state index contributed by atoms with van der Waals surface area (Å²) < 4.78 is 1.66. The first-order valence-electron chi connectivity index (χ1n) is 9.03. The molecule has 0 atom stereocenters. The molecule has 0 bridgehead atoms. The van der Waals surface area contributed by atoms with Crippen LogP contribution in [0.25, 0.3) is 10.8 Å². The molecular formula is C20H23N5O. The lowest BCUT2D eigenvalue weighted by molar-refractivity contribution is 0.194. The Morgan fingerprint density at radius 2 is 1.85 bits per heavy atom. The minimum absolute atomic E-state index is 0.0926. The van der Waals surface area contributed by atoms with Gasteiger partial charge >= 0.3 is 6.03 Å². The van der Waals surface area contributed by atoms with E-state index >= 15 is 0 Å². The van der Waals surface area contributed by atoms with Crippen LogP contribution in [0.5, 0.6) is 0 Å². The number of carbonyl (C=O) groups is 1.